The van der Waals surface area contributed by atoms with Gasteiger partial charge in [0.15, 0.2) is 0 Å². The number of rotatable bonds is 2. The average Bonchev–Trinajstić information content (AvgIpc) is 2.49. The summed E-state index contributed by atoms with van der Waals surface area (Å²) >= 11 is 0. The van der Waals surface area contributed by atoms with E-state index in [2.05, 4.69) is 51.1 Å². The smallest absolute Gasteiger partial charge is 0.127 e. The largest absolute Gasteiger partial charge is 0.457 e. The molecule has 1 heteroatoms. The van der Waals surface area contributed by atoms with Gasteiger partial charge in [-0.2, -0.15) is 0 Å². The number of hydrogen-bond donors (Lipinski definition) is 0. The Morgan fingerprint density at radius 1 is 0.500 bits per heavy atom. The van der Waals surface area contributed by atoms with Gasteiger partial charge >= 0.3 is 0 Å². The molecule has 0 atom stereocenters. The van der Waals surface area contributed by atoms with Crippen molar-refractivity contribution in [3.63, 3.8) is 0 Å². The van der Waals surface area contributed by atoms with Crippen LogP contribution in [0.2, 0.25) is 0 Å². The van der Waals surface area contributed by atoms with Gasteiger partial charge in [0, 0.05) is 0 Å². The second kappa shape index (κ2) is 8.04. The van der Waals surface area contributed by atoms with Gasteiger partial charge in [-0.25, -0.2) is 0 Å². The molecule has 0 aliphatic heterocycles. The van der Waals surface area contributed by atoms with Gasteiger partial charge in [-0.05, 0) is 50.6 Å². The monoisotopic (exact) mass is 290 g/mol. The van der Waals surface area contributed by atoms with Crippen LogP contribution in [-0.4, -0.2) is 0 Å². The lowest BCUT2D eigenvalue weighted by Gasteiger charge is -2.05. The lowest BCUT2D eigenvalue weighted by Crippen LogP contribution is -1.83. The molecule has 0 aliphatic carbocycles. The van der Waals surface area contributed by atoms with Gasteiger partial charge in [0.1, 0.15) is 11.5 Å². The zero-order chi connectivity index (χ0) is 15.8. The molecule has 0 amide bonds. The number of benzene rings is 3. The van der Waals surface area contributed by atoms with Crippen molar-refractivity contribution in [1.29, 1.82) is 0 Å². The van der Waals surface area contributed by atoms with Gasteiger partial charge in [0.25, 0.3) is 0 Å². The lowest BCUT2D eigenvalue weighted by atomic mass is 10.2. The predicted octanol–water partition coefficient (Wildman–Crippen LogP) is 6.09. The number of ether oxygens (including phenoxy) is 1. The molecule has 0 aliphatic rings. The summed E-state index contributed by atoms with van der Waals surface area (Å²) in [6, 6.07) is 26.3. The Balaban J connectivity index is 0.000000188. The van der Waals surface area contributed by atoms with Crippen molar-refractivity contribution in [3.8, 4) is 11.5 Å². The second-order valence-corrected chi connectivity index (χ2v) is 5.39. The molecular formula is C21H22O. The Kier molecular flexibility index (Phi) is 5.79. The van der Waals surface area contributed by atoms with Crippen LogP contribution in [0, 0.1) is 20.8 Å². The first kappa shape index (κ1) is 15.8. The molecule has 1 nitrogen and oxygen atoms in total. The van der Waals surface area contributed by atoms with E-state index in [4.69, 9.17) is 4.74 Å². The van der Waals surface area contributed by atoms with Gasteiger partial charge < -0.3 is 4.74 Å². The Morgan fingerprint density at radius 2 is 1.00 bits per heavy atom. The Labute approximate surface area is 133 Å². The van der Waals surface area contributed by atoms with Crippen molar-refractivity contribution in [2.75, 3.05) is 0 Å². The third kappa shape index (κ3) is 5.45. The summed E-state index contributed by atoms with van der Waals surface area (Å²) in [5.74, 6) is 1.76. The SMILES string of the molecule is Cc1cccc(C)c1.Cc1cccc(Oc2ccccc2)c1. The first-order chi connectivity index (χ1) is 10.6. The maximum absolute atomic E-state index is 5.66. The molecule has 3 rings (SSSR count). The summed E-state index contributed by atoms with van der Waals surface area (Å²) in [4.78, 5) is 0. The second-order valence-electron chi connectivity index (χ2n) is 5.39. The minimum Gasteiger partial charge on any atom is -0.457 e. The van der Waals surface area contributed by atoms with Crippen molar-refractivity contribution < 1.29 is 4.74 Å². The molecule has 0 unspecified atom stereocenters. The molecule has 0 N–H and O–H groups in total. The van der Waals surface area contributed by atoms with E-state index in [0.717, 1.165) is 11.5 Å². The third-order valence-electron chi connectivity index (χ3n) is 3.14. The van der Waals surface area contributed by atoms with E-state index in [1.165, 1.54) is 16.7 Å². The highest BCUT2D eigenvalue weighted by molar-refractivity contribution is 5.33. The van der Waals surface area contributed by atoms with E-state index in [1.54, 1.807) is 0 Å². The van der Waals surface area contributed by atoms with Crippen molar-refractivity contribution >= 4 is 0 Å². The first-order valence-electron chi connectivity index (χ1n) is 7.46. The Morgan fingerprint density at radius 3 is 1.50 bits per heavy atom. The van der Waals surface area contributed by atoms with Crippen molar-refractivity contribution in [1.82, 2.24) is 0 Å². The van der Waals surface area contributed by atoms with E-state index in [9.17, 15) is 0 Å². The van der Waals surface area contributed by atoms with Crippen LogP contribution in [-0.2, 0) is 0 Å². The molecule has 112 valence electrons. The van der Waals surface area contributed by atoms with Gasteiger partial charge in [0.2, 0.25) is 0 Å². The fraction of sp³-hybridized carbons (Fsp3) is 0.143. The quantitative estimate of drug-likeness (QED) is 0.555. The van der Waals surface area contributed by atoms with Crippen LogP contribution in [0.1, 0.15) is 16.7 Å². The molecule has 3 aromatic carbocycles. The zero-order valence-corrected chi connectivity index (χ0v) is 13.4. The van der Waals surface area contributed by atoms with Crippen LogP contribution in [0.4, 0.5) is 0 Å². The first-order valence-corrected chi connectivity index (χ1v) is 7.46. The fourth-order valence-electron chi connectivity index (χ4n) is 2.11. The number of para-hydroxylation sites is 1. The predicted molar refractivity (Wildman–Crippen MR) is 93.6 cm³/mol. The summed E-state index contributed by atoms with van der Waals surface area (Å²) in [5.41, 5.74) is 3.88. The third-order valence-corrected chi connectivity index (χ3v) is 3.14. The molecule has 0 saturated carbocycles. The molecule has 0 heterocycles. The topological polar surface area (TPSA) is 9.23 Å². The summed E-state index contributed by atoms with van der Waals surface area (Å²) in [5, 5.41) is 0. The van der Waals surface area contributed by atoms with E-state index in [-0.39, 0.29) is 0 Å². The van der Waals surface area contributed by atoms with Crippen molar-refractivity contribution in [2.45, 2.75) is 20.8 Å². The van der Waals surface area contributed by atoms with Gasteiger partial charge in [0.05, 0.1) is 0 Å². The molecule has 0 radical (unpaired) electrons. The number of hydrogen-bond acceptors (Lipinski definition) is 1. The lowest BCUT2D eigenvalue weighted by molar-refractivity contribution is 0.482. The van der Waals surface area contributed by atoms with Crippen molar-refractivity contribution in [3.05, 3.63) is 95.6 Å². The van der Waals surface area contributed by atoms with E-state index < -0.39 is 0 Å². The summed E-state index contributed by atoms with van der Waals surface area (Å²) < 4.78 is 5.66. The van der Waals surface area contributed by atoms with Crippen LogP contribution < -0.4 is 4.74 Å². The summed E-state index contributed by atoms with van der Waals surface area (Å²) in [6.07, 6.45) is 0. The highest BCUT2D eigenvalue weighted by Crippen LogP contribution is 2.21. The Bertz CT molecular complexity index is 685. The maximum atomic E-state index is 5.66. The fourth-order valence-corrected chi connectivity index (χ4v) is 2.11. The molecule has 3 aromatic rings. The molecule has 0 saturated heterocycles. The summed E-state index contributed by atoms with van der Waals surface area (Å²) in [7, 11) is 0. The van der Waals surface area contributed by atoms with Crippen LogP contribution in [0.3, 0.4) is 0 Å². The summed E-state index contributed by atoms with van der Waals surface area (Å²) in [6.45, 7) is 6.26. The van der Waals surface area contributed by atoms with Crippen LogP contribution in [0.5, 0.6) is 11.5 Å². The highest BCUT2D eigenvalue weighted by atomic mass is 16.5. The molecule has 0 bridgehead atoms. The molecule has 22 heavy (non-hydrogen) atoms. The zero-order valence-electron chi connectivity index (χ0n) is 13.4. The minimum absolute atomic E-state index is 0.873. The van der Waals surface area contributed by atoms with Gasteiger partial charge in [-0.15, -0.1) is 0 Å². The normalized spacial score (nSPS) is 9.59. The maximum Gasteiger partial charge on any atom is 0.127 e. The van der Waals surface area contributed by atoms with E-state index >= 15 is 0 Å². The van der Waals surface area contributed by atoms with E-state index in [0.29, 0.717) is 0 Å². The number of aryl methyl sites for hydroxylation is 3. The standard InChI is InChI=1S/C13H12O.C8H10/c1-11-6-5-9-13(10-11)14-12-7-3-2-4-8-12;1-7-4-3-5-8(2)6-7/h2-10H,1H3;3-6H,1-2H3. The Hall–Kier alpha value is -2.54. The molecular weight excluding hydrogens is 268 g/mol. The van der Waals surface area contributed by atoms with Gasteiger partial charge in [-0.3, -0.25) is 0 Å². The average molecular weight is 290 g/mol. The van der Waals surface area contributed by atoms with Crippen LogP contribution in [0.15, 0.2) is 78.9 Å². The van der Waals surface area contributed by atoms with Crippen LogP contribution in [0.25, 0.3) is 0 Å². The van der Waals surface area contributed by atoms with Crippen LogP contribution >= 0.6 is 0 Å². The van der Waals surface area contributed by atoms with Crippen molar-refractivity contribution in [2.24, 2.45) is 0 Å². The van der Waals surface area contributed by atoms with Gasteiger partial charge in [-0.1, -0.05) is 65.7 Å². The highest BCUT2D eigenvalue weighted by Gasteiger charge is 1.95. The molecule has 0 fully saturated rings. The molecule has 0 spiro atoms. The molecule has 0 aromatic heterocycles. The minimum atomic E-state index is 0.873. The van der Waals surface area contributed by atoms with E-state index in [1.807, 2.05) is 48.5 Å².